The molecule has 0 spiro atoms. The highest BCUT2D eigenvalue weighted by atomic mass is 32.2. The molecule has 0 aliphatic heterocycles. The third-order valence-electron chi connectivity index (χ3n) is 3.57. The van der Waals surface area contributed by atoms with Crippen molar-refractivity contribution >= 4 is 26.5 Å². The van der Waals surface area contributed by atoms with E-state index in [0.29, 0.717) is 17.2 Å². The van der Waals surface area contributed by atoms with Gasteiger partial charge >= 0.3 is 0 Å². The quantitative estimate of drug-likeness (QED) is 0.666. The van der Waals surface area contributed by atoms with Crippen LogP contribution in [0.3, 0.4) is 0 Å². The van der Waals surface area contributed by atoms with Crippen LogP contribution in [-0.2, 0) is 16.4 Å². The summed E-state index contributed by atoms with van der Waals surface area (Å²) in [6.07, 6.45) is 0.561. The van der Waals surface area contributed by atoms with Crippen molar-refractivity contribution in [3.63, 3.8) is 0 Å². The Kier molecular flexibility index (Phi) is 5.38. The molecule has 0 unspecified atom stereocenters. The summed E-state index contributed by atoms with van der Waals surface area (Å²) >= 11 is 1.20. The molecule has 0 saturated heterocycles. The maximum Gasteiger partial charge on any atom is 0.263 e. The first-order valence-electron chi connectivity index (χ1n) is 7.62. The average molecular weight is 391 g/mol. The molecule has 3 aromatic rings. The van der Waals surface area contributed by atoms with Gasteiger partial charge < -0.3 is 9.47 Å². The molecule has 0 bridgehead atoms. The summed E-state index contributed by atoms with van der Waals surface area (Å²) in [4.78, 5) is 0.130. The summed E-state index contributed by atoms with van der Waals surface area (Å²) in [7, 11) is -0.588. The highest BCUT2D eigenvalue weighted by Crippen LogP contribution is 2.23. The highest BCUT2D eigenvalue weighted by Gasteiger charge is 2.17. The Bertz CT molecular complexity index is 968. The Balaban J connectivity index is 1.70. The number of nitrogens with zero attached hydrogens (tertiary/aromatic N) is 2. The number of benzene rings is 2. The molecule has 0 radical (unpaired) electrons. The van der Waals surface area contributed by atoms with E-state index in [1.165, 1.54) is 30.6 Å². The van der Waals surface area contributed by atoms with Crippen LogP contribution in [0.4, 0.5) is 5.13 Å². The normalized spacial score (nSPS) is 11.2. The number of aromatic nitrogens is 2. The number of rotatable bonds is 7. The van der Waals surface area contributed by atoms with Gasteiger partial charge in [-0.1, -0.05) is 23.5 Å². The maximum atomic E-state index is 12.4. The van der Waals surface area contributed by atoms with Gasteiger partial charge in [0.15, 0.2) is 0 Å². The molecule has 1 N–H and O–H groups in total. The number of anilines is 1. The van der Waals surface area contributed by atoms with E-state index in [9.17, 15) is 8.42 Å². The molecule has 136 valence electrons. The first kappa shape index (κ1) is 18.2. The van der Waals surface area contributed by atoms with Crippen molar-refractivity contribution in [2.24, 2.45) is 0 Å². The van der Waals surface area contributed by atoms with Crippen LogP contribution < -0.4 is 14.2 Å². The van der Waals surface area contributed by atoms with E-state index < -0.39 is 10.0 Å². The van der Waals surface area contributed by atoms with Crippen molar-refractivity contribution in [1.82, 2.24) is 10.2 Å². The van der Waals surface area contributed by atoms with E-state index in [4.69, 9.17) is 9.47 Å². The Morgan fingerprint density at radius 3 is 2.08 bits per heavy atom. The molecular weight excluding hydrogens is 374 g/mol. The van der Waals surface area contributed by atoms with Crippen LogP contribution in [0.15, 0.2) is 53.4 Å². The molecule has 1 aromatic heterocycles. The Hall–Kier alpha value is -2.65. The topological polar surface area (TPSA) is 90.4 Å². The second kappa shape index (κ2) is 7.71. The molecule has 2 aromatic carbocycles. The Labute approximate surface area is 155 Å². The van der Waals surface area contributed by atoms with Gasteiger partial charge in [-0.25, -0.2) is 8.42 Å². The summed E-state index contributed by atoms with van der Waals surface area (Å²) in [5.74, 6) is 1.36. The second-order valence-electron chi connectivity index (χ2n) is 5.31. The average Bonchev–Trinajstić information content (AvgIpc) is 3.08. The first-order chi connectivity index (χ1) is 12.5. The fourth-order valence-electron chi connectivity index (χ4n) is 2.21. The van der Waals surface area contributed by atoms with Gasteiger partial charge in [-0.15, -0.1) is 10.2 Å². The first-order valence-corrected chi connectivity index (χ1v) is 9.92. The minimum absolute atomic E-state index is 0.130. The lowest BCUT2D eigenvalue weighted by molar-refractivity contribution is 0.414. The highest BCUT2D eigenvalue weighted by molar-refractivity contribution is 7.93. The molecular formula is C17H17N3O4S2. The number of hydrogen-bond acceptors (Lipinski definition) is 7. The Morgan fingerprint density at radius 1 is 0.923 bits per heavy atom. The number of hydrogen-bond donors (Lipinski definition) is 1. The molecule has 9 heteroatoms. The fraction of sp³-hybridized carbons (Fsp3) is 0.176. The lowest BCUT2D eigenvalue weighted by atomic mass is 10.1. The Morgan fingerprint density at radius 2 is 1.50 bits per heavy atom. The van der Waals surface area contributed by atoms with Crippen molar-refractivity contribution in [2.75, 3.05) is 18.9 Å². The number of nitrogens with one attached hydrogen (secondary N) is 1. The lowest BCUT2D eigenvalue weighted by Gasteiger charge is -2.05. The van der Waals surface area contributed by atoms with E-state index in [1.807, 2.05) is 24.3 Å². The fourth-order valence-corrected chi connectivity index (χ4v) is 4.22. The molecule has 0 aliphatic rings. The zero-order valence-corrected chi connectivity index (χ0v) is 15.8. The van der Waals surface area contributed by atoms with Crippen molar-refractivity contribution < 1.29 is 17.9 Å². The van der Waals surface area contributed by atoms with Crippen LogP contribution in [-0.4, -0.2) is 32.8 Å². The summed E-state index contributed by atoms with van der Waals surface area (Å²) in [5, 5.41) is 8.91. The van der Waals surface area contributed by atoms with Crippen molar-refractivity contribution in [3.05, 3.63) is 59.1 Å². The molecule has 0 atom stereocenters. The third kappa shape index (κ3) is 4.30. The van der Waals surface area contributed by atoms with E-state index in [1.54, 1.807) is 19.2 Å². The van der Waals surface area contributed by atoms with Gasteiger partial charge in [-0.3, -0.25) is 4.72 Å². The summed E-state index contributed by atoms with van der Waals surface area (Å²) in [6.45, 7) is 0. The molecule has 0 amide bonds. The number of sulfonamides is 1. The van der Waals surface area contributed by atoms with Crippen LogP contribution in [0.5, 0.6) is 11.5 Å². The number of ether oxygens (including phenoxy) is 2. The van der Waals surface area contributed by atoms with Gasteiger partial charge in [0.05, 0.1) is 19.1 Å². The summed E-state index contributed by atoms with van der Waals surface area (Å²) in [5.41, 5.74) is 1.03. The van der Waals surface area contributed by atoms with Crippen LogP contribution in [0, 0.1) is 0 Å². The molecule has 3 rings (SSSR count). The molecule has 0 aliphatic carbocycles. The van der Waals surface area contributed by atoms with Crippen LogP contribution in [0.2, 0.25) is 0 Å². The minimum Gasteiger partial charge on any atom is -0.497 e. The van der Waals surface area contributed by atoms with Crippen molar-refractivity contribution in [2.45, 2.75) is 11.3 Å². The van der Waals surface area contributed by atoms with Crippen LogP contribution >= 0.6 is 11.3 Å². The zero-order valence-electron chi connectivity index (χ0n) is 14.2. The van der Waals surface area contributed by atoms with Crippen LogP contribution in [0.1, 0.15) is 10.6 Å². The van der Waals surface area contributed by atoms with Crippen molar-refractivity contribution in [1.29, 1.82) is 0 Å². The van der Waals surface area contributed by atoms with Gasteiger partial charge in [0.25, 0.3) is 10.0 Å². The van der Waals surface area contributed by atoms with Gasteiger partial charge in [0.1, 0.15) is 16.5 Å². The maximum absolute atomic E-state index is 12.4. The molecule has 7 nitrogen and oxygen atoms in total. The van der Waals surface area contributed by atoms with Gasteiger partial charge in [0.2, 0.25) is 5.13 Å². The van der Waals surface area contributed by atoms with Gasteiger partial charge in [-0.05, 0) is 42.0 Å². The summed E-state index contributed by atoms with van der Waals surface area (Å²) < 4.78 is 37.4. The predicted molar refractivity (Wildman–Crippen MR) is 99.5 cm³/mol. The predicted octanol–water partition coefficient (Wildman–Crippen LogP) is 2.95. The minimum atomic E-state index is -3.72. The second-order valence-corrected chi connectivity index (χ2v) is 8.05. The molecule has 1 heterocycles. The molecule has 0 saturated carbocycles. The standard InChI is InChI=1S/C17H17N3O4S2/c1-23-13-5-3-12(4-6-13)11-16-18-19-17(25-16)20-26(21,22)15-9-7-14(24-2)8-10-15/h3-10H,11H2,1-2H3,(H,19,20). The number of methoxy groups -OCH3 is 2. The van der Waals surface area contributed by atoms with Crippen molar-refractivity contribution in [3.8, 4) is 11.5 Å². The van der Waals surface area contributed by atoms with E-state index in [-0.39, 0.29) is 10.0 Å². The SMILES string of the molecule is COc1ccc(Cc2nnc(NS(=O)(=O)c3ccc(OC)cc3)s2)cc1. The largest absolute Gasteiger partial charge is 0.497 e. The van der Waals surface area contributed by atoms with E-state index >= 15 is 0 Å². The molecule has 26 heavy (non-hydrogen) atoms. The van der Waals surface area contributed by atoms with Gasteiger partial charge in [0, 0.05) is 6.42 Å². The zero-order chi connectivity index (χ0) is 18.6. The van der Waals surface area contributed by atoms with E-state index in [2.05, 4.69) is 14.9 Å². The third-order valence-corrected chi connectivity index (χ3v) is 5.90. The van der Waals surface area contributed by atoms with E-state index in [0.717, 1.165) is 11.3 Å². The lowest BCUT2D eigenvalue weighted by Crippen LogP contribution is -2.12. The molecule has 0 fully saturated rings. The van der Waals surface area contributed by atoms with Crippen LogP contribution in [0.25, 0.3) is 0 Å². The van der Waals surface area contributed by atoms with Gasteiger partial charge in [-0.2, -0.15) is 0 Å². The monoisotopic (exact) mass is 391 g/mol. The smallest absolute Gasteiger partial charge is 0.263 e. The summed E-state index contributed by atoms with van der Waals surface area (Å²) in [6, 6.07) is 13.7.